The number of pyridine rings is 1. The van der Waals surface area contributed by atoms with E-state index >= 15 is 0 Å². The fraction of sp³-hybridized carbons (Fsp3) is 0.409. The van der Waals surface area contributed by atoms with Crippen molar-refractivity contribution in [3.05, 3.63) is 65.1 Å². The van der Waals surface area contributed by atoms with E-state index < -0.39 is 0 Å². The Balaban J connectivity index is 1.56. The van der Waals surface area contributed by atoms with Gasteiger partial charge >= 0.3 is 0 Å². The Kier molecular flexibility index (Phi) is 5.50. The zero-order valence-electron chi connectivity index (χ0n) is 15.7. The number of aromatic nitrogens is 1. The van der Waals surface area contributed by atoms with Crippen molar-refractivity contribution in [2.75, 3.05) is 25.1 Å². The summed E-state index contributed by atoms with van der Waals surface area (Å²) in [5.74, 6) is 0.693. The summed E-state index contributed by atoms with van der Waals surface area (Å²) in [5.41, 5.74) is 4.17. The average Bonchev–Trinajstić information content (AvgIpc) is 3.50. The zero-order valence-corrected chi connectivity index (χ0v) is 15.7. The van der Waals surface area contributed by atoms with Crippen LogP contribution in [0.15, 0.2) is 42.6 Å². The van der Waals surface area contributed by atoms with E-state index in [-0.39, 0.29) is 5.82 Å². The van der Waals surface area contributed by atoms with Crippen molar-refractivity contribution < 1.29 is 9.13 Å². The molecule has 2 aliphatic rings. The second-order valence-corrected chi connectivity index (χ2v) is 7.38. The normalized spacial score (nSPS) is 20.5. The summed E-state index contributed by atoms with van der Waals surface area (Å²) < 4.78 is 19.0. The van der Waals surface area contributed by atoms with Gasteiger partial charge in [0.1, 0.15) is 11.6 Å². The maximum Gasteiger partial charge on any atom is 0.126 e. The fourth-order valence-corrected chi connectivity index (χ4v) is 3.51. The zero-order chi connectivity index (χ0) is 18.6. The van der Waals surface area contributed by atoms with E-state index in [1.54, 1.807) is 6.07 Å². The Labute approximate surface area is 159 Å². The highest BCUT2D eigenvalue weighted by atomic mass is 19.1. The van der Waals surface area contributed by atoms with Gasteiger partial charge in [0, 0.05) is 43.6 Å². The van der Waals surface area contributed by atoms with Gasteiger partial charge in [-0.3, -0.25) is 0 Å². The van der Waals surface area contributed by atoms with Crippen LogP contribution in [-0.4, -0.2) is 36.8 Å². The van der Waals surface area contributed by atoms with Crippen molar-refractivity contribution in [1.29, 1.82) is 0 Å². The second-order valence-electron chi connectivity index (χ2n) is 7.38. The molecule has 0 amide bonds. The third-order valence-electron chi connectivity index (χ3n) is 5.23. The van der Waals surface area contributed by atoms with Crippen LogP contribution in [0.3, 0.4) is 0 Å². The summed E-state index contributed by atoms with van der Waals surface area (Å²) in [6, 6.07) is 10.1. The van der Waals surface area contributed by atoms with Crippen molar-refractivity contribution in [2.24, 2.45) is 0 Å². The van der Waals surface area contributed by atoms with E-state index in [1.807, 2.05) is 25.3 Å². The number of hydrogen-bond donors (Lipinski definition) is 2. The molecule has 1 atom stereocenters. The predicted molar refractivity (Wildman–Crippen MR) is 106 cm³/mol. The van der Waals surface area contributed by atoms with Gasteiger partial charge in [-0.15, -0.1) is 0 Å². The molecule has 0 aliphatic carbocycles. The molecule has 4 rings (SSSR count). The van der Waals surface area contributed by atoms with Gasteiger partial charge in [-0.1, -0.05) is 12.1 Å². The quantitative estimate of drug-likeness (QED) is 0.760. The predicted octanol–water partition coefficient (Wildman–Crippen LogP) is 3.91. The molecule has 1 unspecified atom stereocenters. The first-order valence-electron chi connectivity index (χ1n) is 9.70. The molecule has 5 heteroatoms. The minimum atomic E-state index is -0.200. The number of nitrogens with zero attached hydrogens (tertiary/aromatic N) is 1. The van der Waals surface area contributed by atoms with Crippen LogP contribution in [0.25, 0.3) is 5.57 Å². The lowest BCUT2D eigenvalue weighted by molar-refractivity contribution is 0.0904. The van der Waals surface area contributed by atoms with Crippen molar-refractivity contribution in [2.45, 2.75) is 38.3 Å². The minimum Gasteiger partial charge on any atom is -0.381 e. The van der Waals surface area contributed by atoms with Crippen LogP contribution < -0.4 is 10.6 Å². The van der Waals surface area contributed by atoms with Crippen molar-refractivity contribution in [1.82, 2.24) is 10.3 Å². The van der Waals surface area contributed by atoms with Gasteiger partial charge in [0.05, 0.1) is 0 Å². The molecule has 0 saturated carbocycles. The molecule has 2 aromatic rings. The maximum absolute atomic E-state index is 13.6. The Hall–Kier alpha value is -2.24. The minimum absolute atomic E-state index is 0.200. The van der Waals surface area contributed by atoms with Crippen molar-refractivity contribution in [3.8, 4) is 0 Å². The number of benzene rings is 1. The summed E-state index contributed by atoms with van der Waals surface area (Å²) in [5, 5.41) is 6.83. The largest absolute Gasteiger partial charge is 0.381 e. The van der Waals surface area contributed by atoms with Gasteiger partial charge < -0.3 is 15.4 Å². The van der Waals surface area contributed by atoms with Crippen LogP contribution in [0.4, 0.5) is 10.2 Å². The molecular weight excluding hydrogens is 341 g/mol. The third kappa shape index (κ3) is 4.73. The number of hydrogen-bond acceptors (Lipinski definition) is 4. The highest BCUT2D eigenvalue weighted by Gasteiger charge is 2.19. The molecule has 2 saturated heterocycles. The number of rotatable bonds is 6. The SMILES string of the molecule is Cc1cc(F)ccc1C(=CCC1CN1)c1ccc(NC2CCOCC2)nc1. The Morgan fingerprint density at radius 2 is 2.11 bits per heavy atom. The number of halogens is 1. The summed E-state index contributed by atoms with van der Waals surface area (Å²) in [6.45, 7) is 4.64. The lowest BCUT2D eigenvalue weighted by atomic mass is 9.94. The molecule has 0 radical (unpaired) electrons. The third-order valence-corrected chi connectivity index (χ3v) is 5.23. The van der Waals surface area contributed by atoms with Crippen molar-refractivity contribution >= 4 is 11.4 Å². The van der Waals surface area contributed by atoms with E-state index in [0.29, 0.717) is 12.1 Å². The lowest BCUT2D eigenvalue weighted by Gasteiger charge is -2.23. The fourth-order valence-electron chi connectivity index (χ4n) is 3.51. The molecule has 2 N–H and O–H groups in total. The molecule has 1 aromatic heterocycles. The van der Waals surface area contributed by atoms with Gasteiger partial charge in [0.15, 0.2) is 0 Å². The van der Waals surface area contributed by atoms with Crippen LogP contribution in [-0.2, 0) is 4.74 Å². The van der Waals surface area contributed by atoms with Gasteiger partial charge in [0.25, 0.3) is 0 Å². The van der Waals surface area contributed by atoms with E-state index in [0.717, 1.165) is 67.1 Å². The van der Waals surface area contributed by atoms with Gasteiger partial charge in [0.2, 0.25) is 0 Å². The number of aryl methyl sites for hydroxylation is 1. The molecular formula is C22H26FN3O. The Bertz CT molecular complexity index is 809. The Morgan fingerprint density at radius 1 is 1.30 bits per heavy atom. The highest BCUT2D eigenvalue weighted by molar-refractivity contribution is 5.81. The van der Waals surface area contributed by atoms with Gasteiger partial charge in [-0.05, 0) is 67.2 Å². The maximum atomic E-state index is 13.6. The number of anilines is 1. The summed E-state index contributed by atoms with van der Waals surface area (Å²) >= 11 is 0. The number of nitrogens with one attached hydrogen (secondary N) is 2. The van der Waals surface area contributed by atoms with Crippen LogP contribution in [0.2, 0.25) is 0 Å². The lowest BCUT2D eigenvalue weighted by Crippen LogP contribution is -2.28. The average molecular weight is 367 g/mol. The molecule has 0 spiro atoms. The first-order chi connectivity index (χ1) is 13.2. The van der Waals surface area contributed by atoms with Gasteiger partial charge in [-0.25, -0.2) is 9.37 Å². The molecule has 4 nitrogen and oxygen atoms in total. The van der Waals surface area contributed by atoms with Crippen LogP contribution >= 0.6 is 0 Å². The van der Waals surface area contributed by atoms with E-state index in [2.05, 4.69) is 27.8 Å². The van der Waals surface area contributed by atoms with Crippen LogP contribution in [0, 0.1) is 12.7 Å². The van der Waals surface area contributed by atoms with E-state index in [4.69, 9.17) is 4.74 Å². The topological polar surface area (TPSA) is 56.1 Å². The van der Waals surface area contributed by atoms with Crippen LogP contribution in [0.1, 0.15) is 36.0 Å². The summed E-state index contributed by atoms with van der Waals surface area (Å²) in [6.07, 6.45) is 7.15. The first kappa shape index (κ1) is 18.1. The van der Waals surface area contributed by atoms with E-state index in [9.17, 15) is 4.39 Å². The molecule has 2 aliphatic heterocycles. The monoisotopic (exact) mass is 367 g/mol. The molecule has 142 valence electrons. The Morgan fingerprint density at radius 3 is 2.78 bits per heavy atom. The molecule has 0 bridgehead atoms. The summed E-state index contributed by atoms with van der Waals surface area (Å²) in [7, 11) is 0. The molecule has 1 aromatic carbocycles. The standard InChI is InChI=1S/C22H26FN3O/c1-15-12-17(23)3-5-20(15)21(6-4-19-14-24-19)16-2-7-22(25-13-16)26-18-8-10-27-11-9-18/h2-3,5-7,12-13,18-19,24H,4,8-11,14H2,1H3,(H,25,26). The molecule has 27 heavy (non-hydrogen) atoms. The smallest absolute Gasteiger partial charge is 0.126 e. The molecule has 2 fully saturated rings. The van der Waals surface area contributed by atoms with Crippen LogP contribution in [0.5, 0.6) is 0 Å². The number of ether oxygens (including phenoxy) is 1. The second kappa shape index (κ2) is 8.19. The highest BCUT2D eigenvalue weighted by Crippen LogP contribution is 2.28. The molecule has 3 heterocycles. The van der Waals surface area contributed by atoms with Gasteiger partial charge in [-0.2, -0.15) is 0 Å². The van der Waals surface area contributed by atoms with Crippen molar-refractivity contribution in [3.63, 3.8) is 0 Å². The summed E-state index contributed by atoms with van der Waals surface area (Å²) in [4.78, 5) is 4.63. The van der Waals surface area contributed by atoms with E-state index in [1.165, 1.54) is 6.07 Å². The first-order valence-corrected chi connectivity index (χ1v) is 9.70.